The van der Waals surface area contributed by atoms with E-state index < -0.39 is 66.5 Å². The maximum Gasteiger partial charge on any atom is 2.00 e. The van der Waals surface area contributed by atoms with Gasteiger partial charge in [0.25, 0.3) is 11.9 Å². The molecule has 0 aromatic rings. The fourth-order valence-electron chi connectivity index (χ4n) is 4.52. The monoisotopic (exact) mass is 1020 g/mol. The Bertz CT molecular complexity index is 1590. The summed E-state index contributed by atoms with van der Waals surface area (Å²) in [4.78, 5) is 30.0. The van der Waals surface area contributed by atoms with Gasteiger partial charge >= 0.3 is 19.5 Å². The van der Waals surface area contributed by atoms with Crippen LogP contribution in [-0.4, -0.2) is 108 Å². The summed E-state index contributed by atoms with van der Waals surface area (Å²) < 4.78 is 0. The Balaban J connectivity index is -0.000000298. The van der Waals surface area contributed by atoms with Gasteiger partial charge in [-0.1, -0.05) is 192 Å². The number of allylic oxidation sites excluding steroid dienone is 16. The van der Waals surface area contributed by atoms with E-state index in [-0.39, 0.29) is 32.3 Å². The number of carbonyl (C=O) groups excluding carboxylic acids is 1. The van der Waals surface area contributed by atoms with Crippen LogP contribution in [0, 0.1) is 12.8 Å². The molecule has 14 nitrogen and oxygen atoms in total. The van der Waals surface area contributed by atoms with Gasteiger partial charge in [0, 0.05) is 5.97 Å². The first kappa shape index (κ1) is 73.6. The Hall–Kier alpha value is -4.41. The molecular formula is C54H86N2O12Zn. The summed E-state index contributed by atoms with van der Waals surface area (Å²) >= 11 is 0. The van der Waals surface area contributed by atoms with Crippen LogP contribution in [0.5, 0.6) is 0 Å². The molecule has 0 aromatic heterocycles. The van der Waals surface area contributed by atoms with Gasteiger partial charge in [-0.05, 0) is 76.7 Å². The van der Waals surface area contributed by atoms with Gasteiger partial charge in [0.15, 0.2) is 0 Å². The van der Waals surface area contributed by atoms with Crippen LogP contribution in [0.15, 0.2) is 146 Å². The molecule has 0 bridgehead atoms. The topological polar surface area (TPSA) is 288 Å². The number of rotatable bonds is 33. The predicted molar refractivity (Wildman–Crippen MR) is 273 cm³/mol. The first-order valence-corrected chi connectivity index (χ1v) is 23.4. The molecule has 12 N–H and O–H groups in total. The number of carboxylic acids is 3. The summed E-state index contributed by atoms with van der Waals surface area (Å²) in [6.07, 6.45) is 47.2. The van der Waals surface area contributed by atoms with Crippen LogP contribution in [0.25, 0.3) is 5.73 Å². The van der Waals surface area contributed by atoms with Crippen molar-refractivity contribution in [2.24, 2.45) is 5.92 Å². The number of hydrogen-bond acceptors (Lipinski definition) is 10. The van der Waals surface area contributed by atoms with Gasteiger partial charge in [-0.15, -0.1) is 0 Å². The SMILES string of the molecule is CC/C=C\C[C@H](O)/C=C/C=C\C=C\C=C\[C@@H](O)[C@@H](O)C/C=C\CCC.CC/C=C\C[C@H](O)/C=C/C=C\C=C\C=C\[C@@H](O)[C@@H](O)C/C=C\CCC(=O)[O-].C[C@H]([NH-])C(=O)O.[CH2-][C@@H](CCCC[NH3+])C(=O)O.[Zn+2]. The van der Waals surface area contributed by atoms with Crippen molar-refractivity contribution >= 4 is 17.9 Å². The normalized spacial score (nSPS) is 15.8. The molecule has 0 aliphatic rings. The van der Waals surface area contributed by atoms with Crippen molar-refractivity contribution in [1.82, 2.24) is 0 Å². The van der Waals surface area contributed by atoms with Crippen molar-refractivity contribution < 1.29 is 85.6 Å². The van der Waals surface area contributed by atoms with E-state index in [0.717, 1.165) is 45.1 Å². The molecule has 15 heteroatoms. The van der Waals surface area contributed by atoms with Crippen LogP contribution >= 0.6 is 0 Å². The fraction of sp³-hybridized carbons (Fsp3) is 0.481. The quantitative estimate of drug-likeness (QED) is 0.0106. The second kappa shape index (κ2) is 56.2. The zero-order valence-corrected chi connectivity index (χ0v) is 44.7. The minimum absolute atomic E-state index is 0. The van der Waals surface area contributed by atoms with Crippen molar-refractivity contribution in [3.05, 3.63) is 158 Å². The zero-order chi connectivity index (χ0) is 52.2. The maximum atomic E-state index is 10.2. The van der Waals surface area contributed by atoms with E-state index in [1.165, 1.54) is 13.0 Å². The molecule has 0 fully saturated rings. The molecule has 0 heterocycles. The Kier molecular flexibility index (Phi) is 59.9. The van der Waals surface area contributed by atoms with E-state index in [1.807, 2.05) is 61.6 Å². The van der Waals surface area contributed by atoms with Gasteiger partial charge in [0.1, 0.15) is 0 Å². The standard InChI is InChI=1S/C22H32O5.C22H34O3.C7H14NO2.C3H6NO2.Zn/c1-2-3-9-14-19(23)15-10-6-4-5-7-11-16-20(24)21(25)17-12-8-13-18-22(26)27;1-3-5-7-14-18-21(24)22(25)19-15-11-9-8-10-13-17-20(23)16-12-6-4-2;1-6(7(9)10)4-2-3-5-8;1-2(4)3(5)6;/h3-12,15-16,19-21,23-25H,2,13-14,17-18H2,1H3,(H,26,27);6-15,17,19-25H,3-5,16,18H2,1-2H3;6H,1-5,8H2,(H,9,10);2,4H,1H3,(H,5,6);/q;;2*-1;+2/b6-4-,7-5+,9-3-,12-8-,15-10+,16-11+;10-8-,11-9+,12-6-,14-7-,17-13+,19-15+;;;/t19-,20+,21-;20-,21-,22+;6-;2-;/m0000./s1. The van der Waals surface area contributed by atoms with Crippen molar-refractivity contribution in [2.45, 2.75) is 154 Å². The molecule has 8 atom stereocenters. The molecule has 386 valence electrons. The molecule has 0 unspecified atom stereocenters. The molecule has 0 saturated heterocycles. The van der Waals surface area contributed by atoms with E-state index in [0.29, 0.717) is 32.1 Å². The first-order chi connectivity index (χ1) is 32.4. The second-order valence-electron chi connectivity index (χ2n) is 15.1. The maximum absolute atomic E-state index is 10.2. The van der Waals surface area contributed by atoms with Crippen molar-refractivity contribution in [2.75, 3.05) is 6.54 Å². The van der Waals surface area contributed by atoms with Crippen LogP contribution in [-0.2, 0) is 33.9 Å². The molecule has 0 amide bonds. The minimum Gasteiger partial charge on any atom is -0.666 e. The third kappa shape index (κ3) is 61.6. The summed E-state index contributed by atoms with van der Waals surface area (Å²) in [5, 5.41) is 84.9. The van der Waals surface area contributed by atoms with E-state index in [1.54, 1.807) is 85.1 Å². The summed E-state index contributed by atoms with van der Waals surface area (Å²) in [5.74, 6) is -3.43. The number of carboxylic acid groups (broad SMARTS) is 3. The molecule has 0 aromatic carbocycles. The number of carbonyl (C=O) groups is 3. The predicted octanol–water partition coefficient (Wildman–Crippen LogP) is 6.97. The second-order valence-corrected chi connectivity index (χ2v) is 15.1. The molecule has 0 radical (unpaired) electrons. The average Bonchev–Trinajstić information content (AvgIpc) is 3.29. The molecule has 0 aliphatic heterocycles. The van der Waals surface area contributed by atoms with Gasteiger partial charge in [-0.25, -0.2) is 0 Å². The summed E-state index contributed by atoms with van der Waals surface area (Å²) in [5.41, 5.74) is 10.1. The molecule has 69 heavy (non-hydrogen) atoms. The van der Waals surface area contributed by atoms with Gasteiger partial charge in [-0.2, -0.15) is 0 Å². The molecular weight excluding hydrogens is 934 g/mol. The third-order valence-corrected chi connectivity index (χ3v) is 8.57. The number of unbranched alkanes of at least 4 members (excludes halogenated alkanes) is 2. The van der Waals surface area contributed by atoms with Crippen molar-refractivity contribution in [3.8, 4) is 0 Å². The molecule has 0 aliphatic carbocycles. The smallest absolute Gasteiger partial charge is 0.666 e. The molecule has 0 saturated carbocycles. The number of aliphatic hydroxyl groups is 6. The number of aliphatic carboxylic acids is 3. The number of aliphatic hydroxyl groups excluding tert-OH is 6. The zero-order valence-electron chi connectivity index (χ0n) is 41.7. The van der Waals surface area contributed by atoms with Gasteiger partial charge < -0.3 is 69.1 Å². The van der Waals surface area contributed by atoms with Crippen molar-refractivity contribution in [1.29, 1.82) is 0 Å². The Morgan fingerprint density at radius 2 is 0.928 bits per heavy atom. The van der Waals surface area contributed by atoms with Crippen LogP contribution in [0.3, 0.4) is 0 Å². The molecule has 0 rings (SSSR count). The van der Waals surface area contributed by atoms with Gasteiger partial charge in [0.2, 0.25) is 0 Å². The van der Waals surface area contributed by atoms with E-state index in [9.17, 15) is 50.1 Å². The summed E-state index contributed by atoms with van der Waals surface area (Å²) in [7, 11) is 0. The third-order valence-electron chi connectivity index (χ3n) is 8.57. The average molecular weight is 1020 g/mol. The molecule has 0 spiro atoms. The summed E-state index contributed by atoms with van der Waals surface area (Å²) in [6, 6.07) is -0.981. The van der Waals surface area contributed by atoms with Crippen LogP contribution in [0.1, 0.15) is 111 Å². The van der Waals surface area contributed by atoms with Gasteiger partial charge in [-0.3, -0.25) is 9.59 Å². The van der Waals surface area contributed by atoms with Crippen LogP contribution in [0.4, 0.5) is 0 Å². The Morgan fingerprint density at radius 3 is 1.26 bits per heavy atom. The fourth-order valence-corrected chi connectivity index (χ4v) is 4.52. The number of quaternary nitrogens is 1. The van der Waals surface area contributed by atoms with E-state index >= 15 is 0 Å². The van der Waals surface area contributed by atoms with Crippen LogP contribution < -0.4 is 10.8 Å². The van der Waals surface area contributed by atoms with Crippen molar-refractivity contribution in [3.63, 3.8) is 0 Å². The first-order valence-electron chi connectivity index (χ1n) is 23.4. The van der Waals surface area contributed by atoms with E-state index in [4.69, 9.17) is 15.9 Å². The number of nitrogens with one attached hydrogen (secondary N) is 1. The Labute approximate surface area is 426 Å². The summed E-state index contributed by atoms with van der Waals surface area (Å²) in [6.45, 7) is 11.9. The van der Waals surface area contributed by atoms with Gasteiger partial charge in [0.05, 0.1) is 43.2 Å². The number of hydrogen-bond donors (Lipinski definition) is 9. The minimum atomic E-state index is -1.11. The van der Waals surface area contributed by atoms with E-state index in [2.05, 4.69) is 26.5 Å². The van der Waals surface area contributed by atoms with Crippen LogP contribution in [0.2, 0.25) is 0 Å². The Morgan fingerprint density at radius 1 is 0.565 bits per heavy atom. The largest absolute Gasteiger partial charge is 2.00 e.